The third-order valence-corrected chi connectivity index (χ3v) is 25.7. The predicted molar refractivity (Wildman–Crippen MR) is 407 cm³/mol. The Hall–Kier alpha value is -8.67. The molecule has 0 spiro atoms. The number of nitrogens with zero attached hydrogens (tertiary/aromatic N) is 4. The van der Waals surface area contributed by atoms with Gasteiger partial charge >= 0.3 is 0 Å². The van der Waals surface area contributed by atoms with Crippen molar-refractivity contribution >= 4 is 61.7 Å². The predicted octanol–water partition coefficient (Wildman–Crippen LogP) is 20.6. The summed E-state index contributed by atoms with van der Waals surface area (Å²) in [5.41, 5.74) is 13.3. The summed E-state index contributed by atoms with van der Waals surface area (Å²) in [4.78, 5) is 4.95. The number of para-hydroxylation sites is 3. The van der Waals surface area contributed by atoms with Crippen molar-refractivity contribution in [3.8, 4) is 50.9 Å². The second-order valence-corrected chi connectivity index (χ2v) is 34.1. The smallest absolute Gasteiger partial charge is 0.268 e. The number of fused-ring (bicyclic) bond motifs is 4. The zero-order valence-electron chi connectivity index (χ0n) is 65.8. The largest absolute Gasteiger partial charge is 0.510 e. The number of hydrogen-bond donors (Lipinski definition) is 0. The molecule has 0 radical (unpaired) electrons. The molecule has 0 amide bonds. The summed E-state index contributed by atoms with van der Waals surface area (Å²) in [6.45, 7) is 17.6. The number of hydrogen-bond acceptors (Lipinski definition) is 2. The van der Waals surface area contributed by atoms with Gasteiger partial charge in [-0.3, -0.25) is 4.57 Å². The van der Waals surface area contributed by atoms with Crippen LogP contribution in [-0.4, -0.2) is 22.2 Å². The molecular formula is C91H90N4OPtSi-2. The topological polar surface area (TPSA) is 35.9 Å². The summed E-state index contributed by atoms with van der Waals surface area (Å²) in [5, 5.41) is 6.76. The summed E-state index contributed by atoms with van der Waals surface area (Å²) in [6, 6.07) is 75.0. The van der Waals surface area contributed by atoms with Crippen LogP contribution in [0.1, 0.15) is 183 Å². The Kier molecular flexibility index (Phi) is 15.7. The summed E-state index contributed by atoms with van der Waals surface area (Å²) in [6.07, 6.45) is 17.5. The zero-order chi connectivity index (χ0) is 73.6. The van der Waals surface area contributed by atoms with Gasteiger partial charge in [0.15, 0.2) is 8.07 Å². The molecule has 0 unspecified atom stereocenters. The van der Waals surface area contributed by atoms with Crippen molar-refractivity contribution in [3.05, 3.63) is 282 Å². The van der Waals surface area contributed by atoms with Gasteiger partial charge in [-0.05, 0) is 155 Å². The molecule has 3 aromatic heterocycles. The van der Waals surface area contributed by atoms with Crippen molar-refractivity contribution < 1.29 is 41.3 Å². The van der Waals surface area contributed by atoms with Crippen molar-refractivity contribution in [2.24, 2.45) is 0 Å². The van der Waals surface area contributed by atoms with E-state index in [2.05, 4.69) is 242 Å². The van der Waals surface area contributed by atoms with Gasteiger partial charge in [-0.25, -0.2) is 4.98 Å². The van der Waals surface area contributed by atoms with E-state index >= 15 is 0 Å². The molecule has 2 fully saturated rings. The number of pyridine rings is 1. The maximum atomic E-state index is 8.96. The zero-order valence-corrected chi connectivity index (χ0v) is 61.1. The Morgan fingerprint density at radius 3 is 1.60 bits per heavy atom. The number of aromatic nitrogens is 4. The summed E-state index contributed by atoms with van der Waals surface area (Å²) < 4.78 is 83.4. The molecule has 2 aliphatic carbocycles. The van der Waals surface area contributed by atoms with Crippen LogP contribution in [0.5, 0.6) is 11.5 Å². The Morgan fingerprint density at radius 2 is 1.04 bits per heavy atom. The number of rotatable bonds is 13. The maximum absolute atomic E-state index is 8.96. The van der Waals surface area contributed by atoms with Crippen LogP contribution in [0.2, 0.25) is 0 Å². The molecule has 3 heterocycles. The van der Waals surface area contributed by atoms with E-state index in [1.807, 2.05) is 41.0 Å². The molecule has 0 N–H and O–H groups in total. The fourth-order valence-electron chi connectivity index (χ4n) is 15.6. The minimum Gasteiger partial charge on any atom is -0.510 e. The molecule has 496 valence electrons. The van der Waals surface area contributed by atoms with Gasteiger partial charge in [0.05, 0.1) is 23.6 Å². The van der Waals surface area contributed by atoms with Crippen molar-refractivity contribution in [3.63, 3.8) is 0 Å². The van der Waals surface area contributed by atoms with E-state index in [4.69, 9.17) is 20.7 Å². The average Bonchev–Trinajstić information content (AvgIpc) is 1.73. The molecule has 0 aliphatic heterocycles. The van der Waals surface area contributed by atoms with Gasteiger partial charge in [0.1, 0.15) is 5.82 Å². The molecule has 0 bridgehead atoms. The van der Waals surface area contributed by atoms with Gasteiger partial charge < -0.3 is 13.9 Å². The van der Waals surface area contributed by atoms with Crippen LogP contribution in [0.15, 0.2) is 231 Å². The maximum Gasteiger partial charge on any atom is 0.268 e. The van der Waals surface area contributed by atoms with Crippen molar-refractivity contribution in [1.29, 1.82) is 0 Å². The number of benzene rings is 10. The Balaban J connectivity index is 0.00000944. The Labute approximate surface area is 608 Å². The fraction of sp³-hybridized carbons (Fsp3) is 0.275. The quantitative estimate of drug-likeness (QED) is 0.0499. The van der Waals surface area contributed by atoms with Gasteiger partial charge in [0, 0.05) is 54.0 Å². The van der Waals surface area contributed by atoms with E-state index in [-0.39, 0.29) is 59.8 Å². The summed E-state index contributed by atoms with van der Waals surface area (Å²) >= 11 is 0. The van der Waals surface area contributed by atoms with Crippen molar-refractivity contribution in [2.75, 3.05) is 0 Å². The first-order valence-electron chi connectivity index (χ1n) is 39.0. The number of ether oxygens (including phenoxy) is 1. The molecule has 10 aromatic carbocycles. The van der Waals surface area contributed by atoms with E-state index in [1.165, 1.54) is 131 Å². The first-order chi connectivity index (χ1) is 50.2. The first-order valence-corrected chi connectivity index (χ1v) is 37.0. The van der Waals surface area contributed by atoms with Crippen molar-refractivity contribution in [1.82, 2.24) is 14.1 Å². The average molecular weight is 1490 g/mol. The second-order valence-electron chi connectivity index (χ2n) is 30.3. The SMILES string of the molecule is [2H]c1c([2H])c([2H])c(-c2cnc(-n3c4[c-]c(Oc5[c-]c(-n6[c-][n+](-c7c(C8CCCCC8)cccc7C7CCCCC7)c7ccccc76)ccc5)ccc4c4cc(-c5ccc([Si](c6ccc(C(C)(C)C)cc6)(c6ccc(C(C)(C)C)cc6)c6ccc(C(C)(C)C)cc6)cc5)ccc43)cc2C([2H])([2H])[2H])c([2H])c1[2H].[Pt]. The minimum atomic E-state index is -3.06. The van der Waals surface area contributed by atoms with E-state index < -0.39 is 45.1 Å². The standard InChI is InChI=1S/C91H90N4OSi.Pt/c1-62-56-87(92-60-82(62)66-28-18-13-19-29-66)95-83-55-38-67(63-36-46-74(47-37-63)97(75-48-39-68(40-49-75)89(2,3)4,76-50-41-69(42-51-76)90(5,6)7)77-52-43-70(44-53-77)91(8,9)10)57-81(83)80-54-45-73(59-86(80)95)96-72-31-22-30-71(58-72)93-61-94(85-35-21-20-34-84(85)93)88-78(64-24-14-11-15-25-64)32-23-33-79(88)65-26-16-12-17-27-65;/h13,18-23,28-57,60,64-65H,11-12,14-17,24-27H2,1-10H3;/q-2;/i1D3,13D,18D,19D,28D,29D;. The van der Waals surface area contributed by atoms with Crippen LogP contribution in [0.25, 0.3) is 72.3 Å². The van der Waals surface area contributed by atoms with Crippen LogP contribution in [0, 0.1) is 25.3 Å². The second kappa shape index (κ2) is 26.9. The molecule has 7 heteroatoms. The third-order valence-electron chi connectivity index (χ3n) is 20.9. The molecule has 2 aliphatic rings. The molecule has 0 atom stereocenters. The molecule has 98 heavy (non-hydrogen) atoms. The van der Waals surface area contributed by atoms with Gasteiger partial charge in [-0.2, -0.15) is 18.2 Å². The number of imidazole rings is 1. The first kappa shape index (κ1) is 57.3. The van der Waals surface area contributed by atoms with E-state index in [1.54, 1.807) is 0 Å². The van der Waals surface area contributed by atoms with Crippen molar-refractivity contribution in [2.45, 2.75) is 161 Å². The van der Waals surface area contributed by atoms with E-state index in [9.17, 15) is 0 Å². The van der Waals surface area contributed by atoms with Crippen LogP contribution >= 0.6 is 0 Å². The van der Waals surface area contributed by atoms with Gasteiger partial charge in [0.2, 0.25) is 0 Å². The molecule has 2 saturated carbocycles. The third kappa shape index (κ3) is 12.6. The molecule has 0 saturated heterocycles. The fourth-order valence-corrected chi connectivity index (χ4v) is 20.3. The van der Waals surface area contributed by atoms with Gasteiger partial charge in [0.25, 0.3) is 6.33 Å². The molecule has 15 rings (SSSR count). The normalized spacial score (nSPS) is 15.8. The summed E-state index contributed by atoms with van der Waals surface area (Å²) in [7, 11) is -3.06. The molecular weight excluding hydrogens is 1390 g/mol. The summed E-state index contributed by atoms with van der Waals surface area (Å²) in [5.74, 6) is 2.00. The molecule has 5 nitrogen and oxygen atoms in total. The van der Waals surface area contributed by atoms with Crippen LogP contribution in [-0.2, 0) is 37.3 Å². The Bertz CT molecular complexity index is 5250. The minimum absolute atomic E-state index is 0. The van der Waals surface area contributed by atoms with E-state index in [0.717, 1.165) is 38.6 Å². The van der Waals surface area contributed by atoms with E-state index in [0.29, 0.717) is 34.4 Å². The van der Waals surface area contributed by atoms with Gasteiger partial charge in [-0.15, -0.1) is 29.7 Å². The van der Waals surface area contributed by atoms with Crippen LogP contribution in [0.4, 0.5) is 0 Å². The number of aryl methyl sites for hydroxylation is 1. The van der Waals surface area contributed by atoms with Crippen LogP contribution in [0.3, 0.4) is 0 Å². The molecule has 13 aromatic rings. The van der Waals surface area contributed by atoms with Gasteiger partial charge in [-0.1, -0.05) is 288 Å². The Morgan fingerprint density at radius 1 is 0.510 bits per heavy atom. The van der Waals surface area contributed by atoms with Crippen LogP contribution < -0.4 is 30.1 Å². The monoisotopic (exact) mass is 1490 g/mol.